The molecule has 1 aromatic rings. The smallest absolute Gasteiger partial charge is 0.349 e. The van der Waals surface area contributed by atoms with E-state index in [0.29, 0.717) is 5.69 Å². The van der Waals surface area contributed by atoms with Crippen molar-refractivity contribution in [2.45, 2.75) is 20.8 Å². The molecule has 0 saturated carbocycles. The molecule has 0 aliphatic carbocycles. The minimum atomic E-state index is -1.04. The second kappa shape index (κ2) is 7.45. The van der Waals surface area contributed by atoms with E-state index in [4.69, 9.17) is 0 Å². The van der Waals surface area contributed by atoms with Gasteiger partial charge in [-0.2, -0.15) is 0 Å². The molecule has 0 aliphatic heterocycles. The van der Waals surface area contributed by atoms with Crippen LogP contribution in [0.3, 0.4) is 0 Å². The number of H-pyrrole nitrogens is 1. The SMILES string of the molecule is C=Cc1[nH]c(C(=O)OF)cc1/C=C\C.CC. The summed E-state index contributed by atoms with van der Waals surface area (Å²) in [5.41, 5.74) is 1.49. The molecule has 0 saturated heterocycles. The summed E-state index contributed by atoms with van der Waals surface area (Å²) in [6, 6.07) is 1.50. The maximum absolute atomic E-state index is 11.6. The monoisotopic (exact) mass is 225 g/mol. The standard InChI is InChI=1S/C10H10FNO2.C2H6/c1-3-5-7-6-9(10(13)14-11)12-8(7)4-2;1-2/h3-6,12H,2H2,1H3;1-2H3/b5-3-;. The Labute approximate surface area is 94.5 Å². The largest absolute Gasteiger partial charge is 0.395 e. The van der Waals surface area contributed by atoms with Crippen LogP contribution in [0.2, 0.25) is 0 Å². The lowest BCUT2D eigenvalue weighted by Crippen LogP contribution is -1.98. The van der Waals surface area contributed by atoms with Gasteiger partial charge in [0.25, 0.3) is 0 Å². The molecule has 0 aliphatic rings. The average molecular weight is 225 g/mol. The van der Waals surface area contributed by atoms with Gasteiger partial charge in [-0.3, -0.25) is 0 Å². The van der Waals surface area contributed by atoms with Crippen molar-refractivity contribution in [1.29, 1.82) is 0 Å². The average Bonchev–Trinajstić information content (AvgIpc) is 2.74. The van der Waals surface area contributed by atoms with Crippen LogP contribution in [0.25, 0.3) is 12.2 Å². The first-order valence-electron chi connectivity index (χ1n) is 5.04. The highest BCUT2D eigenvalue weighted by atomic mass is 19.3. The first kappa shape index (κ1) is 14.2. The van der Waals surface area contributed by atoms with Crippen molar-refractivity contribution in [2.24, 2.45) is 0 Å². The second-order valence-corrected chi connectivity index (χ2v) is 2.62. The van der Waals surface area contributed by atoms with Gasteiger partial charge in [0, 0.05) is 10.2 Å². The lowest BCUT2D eigenvalue weighted by atomic mass is 10.2. The van der Waals surface area contributed by atoms with Gasteiger partial charge < -0.3 is 4.98 Å². The van der Waals surface area contributed by atoms with Crippen LogP contribution >= 0.6 is 0 Å². The Kier molecular flexibility index (Phi) is 6.59. The molecule has 0 fully saturated rings. The number of carbonyl (C=O) groups is 1. The maximum atomic E-state index is 11.6. The lowest BCUT2D eigenvalue weighted by Gasteiger charge is -1.88. The summed E-state index contributed by atoms with van der Waals surface area (Å²) in [5, 5.41) is 0. The zero-order valence-electron chi connectivity index (χ0n) is 9.71. The number of allylic oxidation sites excluding steroid dienone is 1. The van der Waals surface area contributed by atoms with Gasteiger partial charge in [-0.25, -0.2) is 9.74 Å². The Morgan fingerprint density at radius 3 is 2.62 bits per heavy atom. The Balaban J connectivity index is 0.00000106. The molecular weight excluding hydrogens is 209 g/mol. The number of hydrogen-bond acceptors (Lipinski definition) is 2. The first-order valence-corrected chi connectivity index (χ1v) is 5.04. The van der Waals surface area contributed by atoms with Crippen molar-refractivity contribution in [2.75, 3.05) is 0 Å². The fourth-order valence-corrected chi connectivity index (χ4v) is 1.12. The van der Waals surface area contributed by atoms with Crippen molar-refractivity contribution < 1.29 is 14.3 Å². The normalized spacial score (nSPS) is 9.50. The Morgan fingerprint density at radius 1 is 1.56 bits per heavy atom. The molecule has 16 heavy (non-hydrogen) atoms. The molecule has 0 amide bonds. The fraction of sp³-hybridized carbons (Fsp3) is 0.250. The third-order valence-electron chi connectivity index (χ3n) is 1.72. The molecule has 0 atom stereocenters. The molecule has 0 radical (unpaired) electrons. The summed E-state index contributed by atoms with van der Waals surface area (Å²) in [5.74, 6) is -1.04. The molecule has 88 valence electrons. The van der Waals surface area contributed by atoms with Crippen molar-refractivity contribution in [3.05, 3.63) is 35.7 Å². The van der Waals surface area contributed by atoms with E-state index in [1.165, 1.54) is 6.07 Å². The van der Waals surface area contributed by atoms with E-state index < -0.39 is 5.97 Å². The molecule has 4 heteroatoms. The van der Waals surface area contributed by atoms with Gasteiger partial charge >= 0.3 is 5.97 Å². The molecule has 1 heterocycles. The van der Waals surface area contributed by atoms with Gasteiger partial charge in [-0.1, -0.05) is 32.6 Å². The highest BCUT2D eigenvalue weighted by Gasteiger charge is 2.12. The summed E-state index contributed by atoms with van der Waals surface area (Å²) < 4.78 is 11.6. The van der Waals surface area contributed by atoms with Crippen LogP contribution in [0.15, 0.2) is 18.7 Å². The van der Waals surface area contributed by atoms with E-state index in [9.17, 15) is 9.32 Å². The zero-order valence-corrected chi connectivity index (χ0v) is 9.71. The quantitative estimate of drug-likeness (QED) is 0.851. The number of aromatic nitrogens is 1. The minimum absolute atomic E-state index is 0.0653. The van der Waals surface area contributed by atoms with Crippen LogP contribution < -0.4 is 0 Å². The summed E-state index contributed by atoms with van der Waals surface area (Å²) in [7, 11) is 0. The summed E-state index contributed by atoms with van der Waals surface area (Å²) in [6.07, 6.45) is 5.13. The predicted molar refractivity (Wildman–Crippen MR) is 63.5 cm³/mol. The molecule has 3 nitrogen and oxygen atoms in total. The molecule has 0 spiro atoms. The predicted octanol–water partition coefficient (Wildman–Crippen LogP) is 3.76. The lowest BCUT2D eigenvalue weighted by molar-refractivity contribution is -0.0792. The van der Waals surface area contributed by atoms with Crippen LogP contribution in [-0.4, -0.2) is 11.0 Å². The number of aromatic amines is 1. The van der Waals surface area contributed by atoms with Crippen molar-refractivity contribution in [3.63, 3.8) is 0 Å². The number of hydrogen-bond donors (Lipinski definition) is 1. The second-order valence-electron chi connectivity index (χ2n) is 2.62. The Bertz CT molecular complexity index is 380. The fourth-order valence-electron chi connectivity index (χ4n) is 1.12. The van der Waals surface area contributed by atoms with E-state index in [1.54, 1.807) is 18.2 Å². The highest BCUT2D eigenvalue weighted by molar-refractivity contribution is 5.89. The minimum Gasteiger partial charge on any atom is -0.349 e. The van der Waals surface area contributed by atoms with E-state index in [0.717, 1.165) is 5.56 Å². The topological polar surface area (TPSA) is 42.1 Å². The maximum Gasteiger partial charge on any atom is 0.395 e. The number of carbonyl (C=O) groups excluding carboxylic acids is 1. The summed E-state index contributed by atoms with van der Waals surface area (Å²) in [4.78, 5) is 16.6. The first-order chi connectivity index (χ1) is 7.72. The van der Waals surface area contributed by atoms with Gasteiger partial charge in [0.15, 0.2) is 0 Å². The molecule has 1 rings (SSSR count). The van der Waals surface area contributed by atoms with E-state index in [-0.39, 0.29) is 5.69 Å². The Morgan fingerprint density at radius 2 is 2.19 bits per heavy atom. The number of halogens is 1. The van der Waals surface area contributed by atoms with Crippen LogP contribution in [0.4, 0.5) is 4.53 Å². The molecule has 1 aromatic heterocycles. The molecule has 1 N–H and O–H groups in total. The third kappa shape index (κ3) is 3.38. The van der Waals surface area contributed by atoms with Crippen LogP contribution in [0.5, 0.6) is 0 Å². The van der Waals surface area contributed by atoms with Crippen LogP contribution in [0, 0.1) is 0 Å². The summed E-state index contributed by atoms with van der Waals surface area (Å²) >= 11 is 0. The van der Waals surface area contributed by atoms with Gasteiger partial charge in [0.2, 0.25) is 0 Å². The van der Waals surface area contributed by atoms with Gasteiger partial charge in [0.1, 0.15) is 5.69 Å². The molecule has 0 aromatic carbocycles. The number of nitrogens with one attached hydrogen (secondary N) is 1. The van der Waals surface area contributed by atoms with Crippen molar-refractivity contribution in [1.82, 2.24) is 4.98 Å². The van der Waals surface area contributed by atoms with E-state index in [1.807, 2.05) is 20.8 Å². The molecular formula is C12H16FNO2. The van der Waals surface area contributed by atoms with Crippen LogP contribution in [0.1, 0.15) is 42.5 Å². The zero-order chi connectivity index (χ0) is 12.6. The van der Waals surface area contributed by atoms with Crippen molar-refractivity contribution >= 4 is 18.1 Å². The third-order valence-corrected chi connectivity index (χ3v) is 1.72. The molecule has 0 unspecified atom stereocenters. The van der Waals surface area contributed by atoms with Crippen LogP contribution in [-0.2, 0) is 4.94 Å². The van der Waals surface area contributed by atoms with Gasteiger partial charge in [-0.05, 0) is 24.6 Å². The Hall–Kier alpha value is -1.84. The van der Waals surface area contributed by atoms with E-state index in [2.05, 4.69) is 16.5 Å². The van der Waals surface area contributed by atoms with Gasteiger partial charge in [0.05, 0.1) is 0 Å². The molecule has 0 bridgehead atoms. The van der Waals surface area contributed by atoms with Gasteiger partial charge in [-0.15, -0.1) is 0 Å². The van der Waals surface area contributed by atoms with Crippen molar-refractivity contribution in [3.8, 4) is 0 Å². The van der Waals surface area contributed by atoms with E-state index >= 15 is 0 Å². The number of rotatable bonds is 3. The highest BCUT2D eigenvalue weighted by Crippen LogP contribution is 2.15. The summed E-state index contributed by atoms with van der Waals surface area (Å²) in [6.45, 7) is 9.40.